The van der Waals surface area contributed by atoms with E-state index in [-0.39, 0.29) is 5.78 Å². The number of rotatable bonds is 1. The van der Waals surface area contributed by atoms with E-state index in [0.29, 0.717) is 12.3 Å². The molecule has 1 aromatic rings. The van der Waals surface area contributed by atoms with Crippen LogP contribution in [0.25, 0.3) is 0 Å². The minimum Gasteiger partial charge on any atom is -0.360 e. The Hall–Kier alpha value is -2.23. The summed E-state index contributed by atoms with van der Waals surface area (Å²) >= 11 is 0. The van der Waals surface area contributed by atoms with Gasteiger partial charge in [-0.3, -0.25) is 9.78 Å². The number of hydrogen-bond acceptors (Lipinski definition) is 4. The molecule has 0 unspecified atom stereocenters. The Kier molecular flexibility index (Phi) is 3.37. The summed E-state index contributed by atoms with van der Waals surface area (Å²) in [5, 5.41) is 0. The number of allylic oxidation sites excluding steroid dienone is 3. The SMILES string of the molecule is O=C1CC(N2CCC(c3ccccn3)CC2)=NC2=C1CC=C2. The molecule has 3 aliphatic rings. The van der Waals surface area contributed by atoms with Crippen molar-refractivity contribution >= 4 is 11.6 Å². The van der Waals surface area contributed by atoms with Crippen molar-refractivity contribution in [3.63, 3.8) is 0 Å². The van der Waals surface area contributed by atoms with E-state index in [1.165, 1.54) is 5.69 Å². The van der Waals surface area contributed by atoms with Crippen molar-refractivity contribution in [3.05, 3.63) is 53.5 Å². The van der Waals surface area contributed by atoms with Crippen LogP contribution in [-0.4, -0.2) is 34.6 Å². The number of Topliss-reactive ketones (excluding diaryl/α,β-unsaturated/α-hetero) is 1. The Labute approximate surface area is 130 Å². The Morgan fingerprint density at radius 2 is 2.05 bits per heavy atom. The highest BCUT2D eigenvalue weighted by atomic mass is 16.1. The summed E-state index contributed by atoms with van der Waals surface area (Å²) in [6.45, 7) is 1.92. The Bertz CT molecular complexity index is 680. The predicted molar refractivity (Wildman–Crippen MR) is 85.6 cm³/mol. The maximum atomic E-state index is 12.2. The molecule has 0 amide bonds. The van der Waals surface area contributed by atoms with Gasteiger partial charge in [0.15, 0.2) is 5.78 Å². The third kappa shape index (κ3) is 2.39. The van der Waals surface area contributed by atoms with Crippen LogP contribution in [-0.2, 0) is 4.79 Å². The van der Waals surface area contributed by atoms with E-state index in [9.17, 15) is 4.79 Å². The molecule has 22 heavy (non-hydrogen) atoms. The largest absolute Gasteiger partial charge is 0.360 e. The summed E-state index contributed by atoms with van der Waals surface area (Å²) in [6, 6.07) is 6.13. The van der Waals surface area contributed by atoms with Gasteiger partial charge < -0.3 is 4.90 Å². The van der Waals surface area contributed by atoms with Gasteiger partial charge in [-0.05, 0) is 37.5 Å². The summed E-state index contributed by atoms with van der Waals surface area (Å²) in [6.07, 6.45) is 9.25. The maximum Gasteiger partial charge on any atom is 0.168 e. The lowest BCUT2D eigenvalue weighted by Crippen LogP contribution is -2.40. The summed E-state index contributed by atoms with van der Waals surface area (Å²) in [7, 11) is 0. The topological polar surface area (TPSA) is 45.6 Å². The number of hydrogen-bond donors (Lipinski definition) is 0. The van der Waals surface area contributed by atoms with Crippen molar-refractivity contribution in [1.29, 1.82) is 0 Å². The summed E-state index contributed by atoms with van der Waals surface area (Å²) in [5.41, 5.74) is 2.97. The van der Waals surface area contributed by atoms with Gasteiger partial charge in [-0.2, -0.15) is 0 Å². The second kappa shape index (κ2) is 5.52. The van der Waals surface area contributed by atoms with Gasteiger partial charge in [-0.15, -0.1) is 0 Å². The average Bonchev–Trinajstić information content (AvgIpc) is 3.05. The first-order valence-corrected chi connectivity index (χ1v) is 7.97. The molecule has 0 atom stereocenters. The molecule has 0 aromatic carbocycles. The maximum absolute atomic E-state index is 12.2. The molecule has 4 heteroatoms. The first kappa shape index (κ1) is 13.4. The van der Waals surface area contributed by atoms with Crippen LogP contribution in [0.4, 0.5) is 0 Å². The Morgan fingerprint density at radius 3 is 2.82 bits per heavy atom. The molecule has 112 valence electrons. The summed E-state index contributed by atoms with van der Waals surface area (Å²) in [5.74, 6) is 1.73. The normalized spacial score (nSPS) is 22.1. The summed E-state index contributed by atoms with van der Waals surface area (Å²) in [4.78, 5) is 23.7. The van der Waals surface area contributed by atoms with Crippen LogP contribution in [0.5, 0.6) is 0 Å². The first-order chi connectivity index (χ1) is 10.8. The lowest BCUT2D eigenvalue weighted by molar-refractivity contribution is -0.114. The van der Waals surface area contributed by atoms with Crippen molar-refractivity contribution < 1.29 is 4.79 Å². The molecule has 1 saturated heterocycles. The van der Waals surface area contributed by atoms with E-state index < -0.39 is 0 Å². The van der Waals surface area contributed by atoms with Crippen LogP contribution in [0.2, 0.25) is 0 Å². The number of amidine groups is 1. The van der Waals surface area contributed by atoms with E-state index in [1.807, 2.05) is 24.4 Å². The number of ketones is 1. The average molecular weight is 293 g/mol. The fourth-order valence-corrected chi connectivity index (χ4v) is 3.52. The highest BCUT2D eigenvalue weighted by Crippen LogP contribution is 2.30. The number of aliphatic imine (C=N–C) groups is 1. The van der Waals surface area contributed by atoms with Crippen LogP contribution in [0, 0.1) is 0 Å². The van der Waals surface area contributed by atoms with Crippen molar-refractivity contribution in [1.82, 2.24) is 9.88 Å². The van der Waals surface area contributed by atoms with E-state index in [0.717, 1.165) is 49.5 Å². The van der Waals surface area contributed by atoms with E-state index in [1.54, 1.807) is 0 Å². The number of piperidine rings is 1. The van der Waals surface area contributed by atoms with Gasteiger partial charge in [0.2, 0.25) is 0 Å². The minimum atomic E-state index is 0.247. The molecule has 1 aliphatic carbocycles. The molecule has 0 N–H and O–H groups in total. The van der Waals surface area contributed by atoms with Crippen LogP contribution < -0.4 is 0 Å². The van der Waals surface area contributed by atoms with Gasteiger partial charge in [0.25, 0.3) is 0 Å². The molecule has 3 heterocycles. The molecular weight excluding hydrogens is 274 g/mol. The third-order valence-corrected chi connectivity index (χ3v) is 4.78. The van der Waals surface area contributed by atoms with Gasteiger partial charge in [-0.1, -0.05) is 12.1 Å². The zero-order chi connectivity index (χ0) is 14.9. The molecule has 1 aromatic heterocycles. The molecule has 4 nitrogen and oxygen atoms in total. The second-order valence-corrected chi connectivity index (χ2v) is 6.11. The molecule has 0 saturated carbocycles. The monoisotopic (exact) mass is 293 g/mol. The second-order valence-electron chi connectivity index (χ2n) is 6.11. The van der Waals surface area contributed by atoms with Gasteiger partial charge in [-0.25, -0.2) is 4.99 Å². The van der Waals surface area contributed by atoms with Crippen molar-refractivity contribution in [2.45, 2.75) is 31.6 Å². The van der Waals surface area contributed by atoms with Gasteiger partial charge in [0.05, 0.1) is 12.1 Å². The number of aromatic nitrogens is 1. The third-order valence-electron chi connectivity index (χ3n) is 4.78. The predicted octanol–water partition coefficient (Wildman–Crippen LogP) is 2.85. The zero-order valence-electron chi connectivity index (χ0n) is 12.5. The molecular formula is C18H19N3O. The molecule has 0 spiro atoms. The summed E-state index contributed by atoms with van der Waals surface area (Å²) < 4.78 is 0. The van der Waals surface area contributed by atoms with E-state index in [4.69, 9.17) is 4.99 Å². The lowest BCUT2D eigenvalue weighted by atomic mass is 9.92. The van der Waals surface area contributed by atoms with Crippen LogP contribution in [0.3, 0.4) is 0 Å². The standard InChI is InChI=1S/C18H19N3O/c22-17-12-18(20-16-6-3-4-14(16)17)21-10-7-13(8-11-21)15-5-1-2-9-19-15/h1-3,5-6,9,13H,4,7-8,10-12H2. The fourth-order valence-electron chi connectivity index (χ4n) is 3.52. The van der Waals surface area contributed by atoms with Gasteiger partial charge in [0.1, 0.15) is 5.84 Å². The highest BCUT2D eigenvalue weighted by molar-refractivity contribution is 6.12. The number of carbonyl (C=O) groups is 1. The number of pyridine rings is 1. The molecule has 0 radical (unpaired) electrons. The van der Waals surface area contributed by atoms with Crippen molar-refractivity contribution in [2.75, 3.05) is 13.1 Å². The van der Waals surface area contributed by atoms with Gasteiger partial charge in [0, 0.05) is 36.5 Å². The molecule has 0 bridgehead atoms. The quantitative estimate of drug-likeness (QED) is 0.800. The minimum absolute atomic E-state index is 0.247. The zero-order valence-corrected chi connectivity index (χ0v) is 12.5. The smallest absolute Gasteiger partial charge is 0.168 e. The first-order valence-electron chi connectivity index (χ1n) is 7.97. The molecule has 4 rings (SSSR count). The number of nitrogens with zero attached hydrogens (tertiary/aromatic N) is 3. The van der Waals surface area contributed by atoms with Crippen LogP contribution >= 0.6 is 0 Å². The number of carbonyl (C=O) groups excluding carboxylic acids is 1. The lowest BCUT2D eigenvalue weighted by Gasteiger charge is -2.34. The van der Waals surface area contributed by atoms with E-state index >= 15 is 0 Å². The van der Waals surface area contributed by atoms with Crippen molar-refractivity contribution in [3.8, 4) is 0 Å². The molecule has 1 fully saturated rings. The Balaban J connectivity index is 1.46. The van der Waals surface area contributed by atoms with Gasteiger partial charge >= 0.3 is 0 Å². The highest BCUT2D eigenvalue weighted by Gasteiger charge is 2.29. The number of likely N-dealkylation sites (tertiary alicyclic amines) is 1. The molecule has 2 aliphatic heterocycles. The van der Waals surface area contributed by atoms with Crippen molar-refractivity contribution in [2.24, 2.45) is 4.99 Å². The van der Waals surface area contributed by atoms with E-state index in [2.05, 4.69) is 22.0 Å². The van der Waals surface area contributed by atoms with Crippen LogP contribution in [0.1, 0.15) is 37.3 Å². The fraction of sp³-hybridized carbons (Fsp3) is 0.389. The Morgan fingerprint density at radius 1 is 1.18 bits per heavy atom. The van der Waals surface area contributed by atoms with Crippen LogP contribution in [0.15, 0.2) is 52.8 Å².